The van der Waals surface area contributed by atoms with Crippen molar-refractivity contribution in [1.82, 2.24) is 9.88 Å². The molecule has 0 spiro atoms. The fourth-order valence-electron chi connectivity index (χ4n) is 3.53. The molecule has 0 bridgehead atoms. The van der Waals surface area contributed by atoms with Gasteiger partial charge in [0.15, 0.2) is 11.6 Å². The summed E-state index contributed by atoms with van der Waals surface area (Å²) in [4.78, 5) is 31.3. The first kappa shape index (κ1) is 19.3. The summed E-state index contributed by atoms with van der Waals surface area (Å²) in [5.74, 6) is -1.21. The molecule has 3 aromatic rings. The van der Waals surface area contributed by atoms with Crippen LogP contribution in [0.4, 0.5) is 4.39 Å². The van der Waals surface area contributed by atoms with Crippen molar-refractivity contribution in [2.75, 3.05) is 13.7 Å². The van der Waals surface area contributed by atoms with Crippen molar-refractivity contribution in [1.29, 1.82) is 0 Å². The molecule has 1 aliphatic heterocycles. The van der Waals surface area contributed by atoms with Crippen LogP contribution in [0.3, 0.4) is 0 Å². The second kappa shape index (κ2) is 7.79. The Morgan fingerprint density at radius 1 is 1.24 bits per heavy atom. The number of methoxy groups -OCH3 is 1. The van der Waals surface area contributed by atoms with Crippen molar-refractivity contribution in [3.05, 3.63) is 58.9 Å². The molecule has 8 heteroatoms. The molecule has 29 heavy (non-hydrogen) atoms. The number of carbonyl (C=O) groups excluding carboxylic acids is 2. The van der Waals surface area contributed by atoms with Crippen LogP contribution in [0.25, 0.3) is 10.2 Å². The van der Waals surface area contributed by atoms with Gasteiger partial charge in [-0.3, -0.25) is 4.79 Å². The summed E-state index contributed by atoms with van der Waals surface area (Å²) in [6.07, 6.45) is -0.288. The van der Waals surface area contributed by atoms with Gasteiger partial charge in [-0.15, -0.1) is 11.3 Å². The Balaban J connectivity index is 1.59. The molecule has 4 rings (SSSR count). The van der Waals surface area contributed by atoms with E-state index in [0.29, 0.717) is 5.56 Å². The summed E-state index contributed by atoms with van der Waals surface area (Å²) >= 11 is 1.50. The summed E-state index contributed by atoms with van der Waals surface area (Å²) in [6.45, 7) is 2.07. The molecular weight excluding hydrogens is 395 g/mol. The van der Waals surface area contributed by atoms with E-state index in [1.165, 1.54) is 35.5 Å². The molecule has 0 N–H and O–H groups in total. The Kier molecular flexibility index (Phi) is 5.19. The van der Waals surface area contributed by atoms with Crippen molar-refractivity contribution in [3.63, 3.8) is 0 Å². The summed E-state index contributed by atoms with van der Waals surface area (Å²) in [6, 6.07) is 10.5. The van der Waals surface area contributed by atoms with E-state index in [0.717, 1.165) is 15.2 Å². The second-order valence-corrected chi connectivity index (χ2v) is 8.05. The van der Waals surface area contributed by atoms with Crippen LogP contribution in [-0.4, -0.2) is 47.6 Å². The standard InChI is InChI=1S/C21H19FN2O4S/c1-12-23-16-8-7-13(9-19(16)29-12)20(25)24-11-14(10-17(24)21(26)27-2)28-18-6-4-3-5-15(18)22/h3-9,14,17H,10-11H2,1-2H3/t14-,17+/m0/s1. The third-order valence-electron chi connectivity index (χ3n) is 4.87. The van der Waals surface area contributed by atoms with Crippen molar-refractivity contribution in [2.45, 2.75) is 25.5 Å². The Bertz CT molecular complexity index is 1080. The van der Waals surface area contributed by atoms with E-state index in [4.69, 9.17) is 9.47 Å². The number of carbonyl (C=O) groups is 2. The van der Waals surface area contributed by atoms with Gasteiger partial charge >= 0.3 is 5.97 Å². The predicted molar refractivity (Wildman–Crippen MR) is 107 cm³/mol. The molecule has 150 valence electrons. The summed E-state index contributed by atoms with van der Waals surface area (Å²) in [7, 11) is 1.28. The van der Waals surface area contributed by atoms with Gasteiger partial charge in [0, 0.05) is 12.0 Å². The van der Waals surface area contributed by atoms with Crippen molar-refractivity contribution in [3.8, 4) is 5.75 Å². The minimum Gasteiger partial charge on any atom is -0.485 e. The minimum atomic E-state index is -0.789. The average molecular weight is 414 g/mol. The number of amides is 1. The maximum absolute atomic E-state index is 13.9. The van der Waals surface area contributed by atoms with Gasteiger partial charge in [-0.2, -0.15) is 0 Å². The van der Waals surface area contributed by atoms with Crippen LogP contribution in [0.2, 0.25) is 0 Å². The zero-order chi connectivity index (χ0) is 20.5. The van der Waals surface area contributed by atoms with Gasteiger partial charge in [0.25, 0.3) is 5.91 Å². The van der Waals surface area contributed by atoms with E-state index >= 15 is 0 Å². The van der Waals surface area contributed by atoms with Crippen LogP contribution in [-0.2, 0) is 9.53 Å². The first-order chi connectivity index (χ1) is 14.0. The average Bonchev–Trinajstić information content (AvgIpc) is 3.30. The monoisotopic (exact) mass is 414 g/mol. The predicted octanol–water partition coefficient (Wildman–Crippen LogP) is 3.58. The Morgan fingerprint density at radius 3 is 2.79 bits per heavy atom. The number of halogens is 1. The lowest BCUT2D eigenvalue weighted by Crippen LogP contribution is -2.41. The number of esters is 1. The Labute approximate surface area is 170 Å². The molecule has 0 aliphatic carbocycles. The lowest BCUT2D eigenvalue weighted by atomic mass is 10.1. The molecule has 1 saturated heterocycles. The van der Waals surface area contributed by atoms with E-state index in [-0.39, 0.29) is 24.6 Å². The van der Waals surface area contributed by atoms with E-state index in [1.54, 1.807) is 30.3 Å². The van der Waals surface area contributed by atoms with Gasteiger partial charge in [0.1, 0.15) is 12.1 Å². The fraction of sp³-hybridized carbons (Fsp3) is 0.286. The number of thiazole rings is 1. The maximum atomic E-state index is 13.9. The number of hydrogen-bond acceptors (Lipinski definition) is 6. The van der Waals surface area contributed by atoms with E-state index in [1.807, 2.05) is 6.92 Å². The topological polar surface area (TPSA) is 68.7 Å². The number of para-hydroxylation sites is 1. The van der Waals surface area contributed by atoms with E-state index < -0.39 is 23.9 Å². The van der Waals surface area contributed by atoms with E-state index in [2.05, 4.69) is 4.98 Å². The number of aromatic nitrogens is 1. The first-order valence-electron chi connectivity index (χ1n) is 9.13. The number of fused-ring (bicyclic) bond motifs is 1. The molecule has 1 fully saturated rings. The van der Waals surface area contributed by atoms with Gasteiger partial charge in [-0.05, 0) is 37.3 Å². The van der Waals surface area contributed by atoms with Crippen molar-refractivity contribution in [2.24, 2.45) is 0 Å². The van der Waals surface area contributed by atoms with Crippen molar-refractivity contribution >= 4 is 33.4 Å². The zero-order valence-corrected chi connectivity index (χ0v) is 16.7. The normalized spacial score (nSPS) is 18.8. The Hall–Kier alpha value is -3.00. The van der Waals surface area contributed by atoms with Gasteiger partial charge in [-0.1, -0.05) is 12.1 Å². The van der Waals surface area contributed by atoms with Gasteiger partial charge in [-0.25, -0.2) is 14.2 Å². The molecule has 0 unspecified atom stereocenters. The van der Waals surface area contributed by atoms with Gasteiger partial charge < -0.3 is 14.4 Å². The number of benzene rings is 2. The minimum absolute atomic E-state index is 0.0944. The summed E-state index contributed by atoms with van der Waals surface area (Å²) in [5, 5.41) is 0.913. The maximum Gasteiger partial charge on any atom is 0.328 e. The smallest absolute Gasteiger partial charge is 0.328 e. The van der Waals surface area contributed by atoms with Crippen LogP contribution in [0.1, 0.15) is 21.8 Å². The third-order valence-corrected chi connectivity index (χ3v) is 5.80. The second-order valence-electron chi connectivity index (χ2n) is 6.82. The van der Waals surface area contributed by atoms with E-state index in [9.17, 15) is 14.0 Å². The molecule has 1 amide bonds. The number of likely N-dealkylation sites (tertiary alicyclic amines) is 1. The number of ether oxygens (including phenoxy) is 2. The molecule has 1 aliphatic rings. The largest absolute Gasteiger partial charge is 0.485 e. The third kappa shape index (κ3) is 3.80. The highest BCUT2D eigenvalue weighted by Crippen LogP contribution is 2.28. The molecule has 2 atom stereocenters. The highest BCUT2D eigenvalue weighted by molar-refractivity contribution is 7.18. The molecule has 1 aromatic heterocycles. The first-order valence-corrected chi connectivity index (χ1v) is 9.95. The van der Waals surface area contributed by atoms with Crippen LogP contribution in [0.15, 0.2) is 42.5 Å². The number of nitrogens with zero attached hydrogens (tertiary/aromatic N) is 2. The molecule has 6 nitrogen and oxygen atoms in total. The Morgan fingerprint density at radius 2 is 2.03 bits per heavy atom. The number of aryl methyl sites for hydroxylation is 1. The molecule has 0 saturated carbocycles. The lowest BCUT2D eigenvalue weighted by molar-refractivity contribution is -0.145. The zero-order valence-electron chi connectivity index (χ0n) is 15.9. The van der Waals surface area contributed by atoms with Crippen LogP contribution in [0.5, 0.6) is 5.75 Å². The summed E-state index contributed by atoms with van der Waals surface area (Å²) < 4.78 is 25.5. The summed E-state index contributed by atoms with van der Waals surface area (Å²) in [5.41, 5.74) is 1.29. The SMILES string of the molecule is COC(=O)[C@H]1C[C@H](Oc2ccccc2F)CN1C(=O)c1ccc2nc(C)sc2c1. The quantitative estimate of drug-likeness (QED) is 0.611. The van der Waals surface area contributed by atoms with Crippen LogP contribution in [0, 0.1) is 12.7 Å². The molecule has 2 aromatic carbocycles. The lowest BCUT2D eigenvalue weighted by Gasteiger charge is -2.22. The van der Waals surface area contributed by atoms with Gasteiger partial charge in [0.2, 0.25) is 0 Å². The molecule has 0 radical (unpaired) electrons. The molecular formula is C21H19FN2O4S. The highest BCUT2D eigenvalue weighted by Gasteiger charge is 2.42. The van der Waals surface area contributed by atoms with Crippen LogP contribution >= 0.6 is 11.3 Å². The van der Waals surface area contributed by atoms with Crippen LogP contribution < -0.4 is 4.74 Å². The number of rotatable bonds is 4. The van der Waals surface area contributed by atoms with Gasteiger partial charge in [0.05, 0.1) is 28.9 Å². The molecule has 2 heterocycles. The fourth-order valence-corrected chi connectivity index (χ4v) is 4.39. The number of hydrogen-bond donors (Lipinski definition) is 0. The van der Waals surface area contributed by atoms with Crippen molar-refractivity contribution < 1.29 is 23.5 Å². The highest BCUT2D eigenvalue weighted by atomic mass is 32.1.